The Balaban J connectivity index is 2.18. The van der Waals surface area contributed by atoms with E-state index in [1.54, 1.807) is 38.9 Å². The van der Waals surface area contributed by atoms with Crippen LogP contribution in [0.1, 0.15) is 20.3 Å². The van der Waals surface area contributed by atoms with Crippen molar-refractivity contribution in [1.29, 1.82) is 0 Å². The number of anilines is 1. The van der Waals surface area contributed by atoms with Crippen LogP contribution in [-0.4, -0.2) is 67.5 Å². The van der Waals surface area contributed by atoms with Crippen LogP contribution in [0.2, 0.25) is 5.02 Å². The number of rotatable bonds is 7. The SMILES string of the molecule is [C-]#[N+]c1ccc(N2C(=O)C(C)(C)N(CCCS(=O)(=O)N=CN(C)C)C2=S)cc1Cl. The largest absolute Gasteiger partial charge is 0.368 e. The Bertz CT molecular complexity index is 999. The van der Waals surface area contributed by atoms with Crippen molar-refractivity contribution in [3.05, 3.63) is 34.6 Å². The summed E-state index contributed by atoms with van der Waals surface area (Å²) in [4.78, 5) is 20.9. The minimum Gasteiger partial charge on any atom is -0.368 e. The Kier molecular flexibility index (Phi) is 6.88. The zero-order chi connectivity index (χ0) is 22.0. The van der Waals surface area contributed by atoms with Crippen LogP contribution < -0.4 is 4.90 Å². The molecule has 8 nitrogen and oxygen atoms in total. The van der Waals surface area contributed by atoms with Crippen molar-refractivity contribution in [3.8, 4) is 0 Å². The highest BCUT2D eigenvalue weighted by molar-refractivity contribution is 7.90. The predicted molar refractivity (Wildman–Crippen MR) is 119 cm³/mol. The molecule has 0 aliphatic carbocycles. The van der Waals surface area contributed by atoms with E-state index in [9.17, 15) is 13.2 Å². The lowest BCUT2D eigenvalue weighted by molar-refractivity contribution is -0.123. The first-order chi connectivity index (χ1) is 13.4. The van der Waals surface area contributed by atoms with E-state index < -0.39 is 15.6 Å². The Morgan fingerprint density at radius 3 is 2.59 bits per heavy atom. The minimum atomic E-state index is -3.60. The molecule has 0 atom stereocenters. The van der Waals surface area contributed by atoms with E-state index in [0.717, 1.165) is 0 Å². The van der Waals surface area contributed by atoms with Crippen molar-refractivity contribution in [3.63, 3.8) is 0 Å². The Hall–Kier alpha value is -2.22. The smallest absolute Gasteiger partial charge is 0.258 e. The summed E-state index contributed by atoms with van der Waals surface area (Å²) in [5.41, 5.74) is -0.192. The van der Waals surface area contributed by atoms with Crippen molar-refractivity contribution in [2.75, 3.05) is 31.3 Å². The number of carbonyl (C=O) groups is 1. The fourth-order valence-electron chi connectivity index (χ4n) is 2.79. The van der Waals surface area contributed by atoms with Crippen molar-refractivity contribution in [2.45, 2.75) is 25.8 Å². The first-order valence-electron chi connectivity index (χ1n) is 8.68. The second-order valence-corrected chi connectivity index (χ2v) is 9.76. The zero-order valence-electron chi connectivity index (χ0n) is 16.6. The Morgan fingerprint density at radius 2 is 2.03 bits per heavy atom. The first kappa shape index (κ1) is 23.1. The number of hydrogen-bond acceptors (Lipinski definition) is 4. The lowest BCUT2D eigenvalue weighted by Gasteiger charge is -2.29. The van der Waals surface area contributed by atoms with Gasteiger partial charge in [0.05, 0.1) is 18.0 Å². The van der Waals surface area contributed by atoms with Crippen molar-refractivity contribution in [2.24, 2.45) is 4.40 Å². The standard InChI is InChI=1S/C18H22ClN5O3S2/c1-18(2)16(25)24(13-7-8-15(20-3)14(19)11-13)17(28)23(18)9-6-10-29(26,27)21-12-22(4)5/h7-8,11-12H,6,9-10H2,1-2,4-5H3. The van der Waals surface area contributed by atoms with Gasteiger partial charge in [0.2, 0.25) is 5.69 Å². The van der Waals surface area contributed by atoms with Crippen LogP contribution in [0.3, 0.4) is 0 Å². The number of benzene rings is 1. The summed E-state index contributed by atoms with van der Waals surface area (Å²) in [6.07, 6.45) is 1.50. The topological polar surface area (TPSA) is 77.6 Å². The number of sulfonamides is 1. The van der Waals surface area contributed by atoms with E-state index in [2.05, 4.69) is 9.24 Å². The third-order valence-corrected chi connectivity index (χ3v) is 6.28. The molecule has 1 amide bonds. The molecular formula is C18H22ClN5O3S2. The van der Waals surface area contributed by atoms with Gasteiger partial charge in [0, 0.05) is 25.7 Å². The quantitative estimate of drug-likeness (QED) is 0.272. The van der Waals surface area contributed by atoms with Gasteiger partial charge in [0.15, 0.2) is 5.11 Å². The van der Waals surface area contributed by atoms with Gasteiger partial charge in [-0.05, 0) is 44.6 Å². The van der Waals surface area contributed by atoms with Gasteiger partial charge in [-0.25, -0.2) is 13.3 Å². The van der Waals surface area contributed by atoms with E-state index in [1.807, 2.05) is 0 Å². The summed E-state index contributed by atoms with van der Waals surface area (Å²) >= 11 is 11.6. The third kappa shape index (κ3) is 5.04. The van der Waals surface area contributed by atoms with Gasteiger partial charge in [0.25, 0.3) is 15.9 Å². The van der Waals surface area contributed by atoms with Gasteiger partial charge in [-0.1, -0.05) is 17.7 Å². The molecular weight excluding hydrogens is 434 g/mol. The predicted octanol–water partition coefficient (Wildman–Crippen LogP) is 2.91. The van der Waals surface area contributed by atoms with Crippen molar-refractivity contribution in [1.82, 2.24) is 9.80 Å². The molecule has 1 aromatic carbocycles. The molecule has 1 aliphatic heterocycles. The maximum atomic E-state index is 13.0. The van der Waals surface area contributed by atoms with Crippen LogP contribution in [0.15, 0.2) is 22.6 Å². The number of nitrogens with zero attached hydrogens (tertiary/aromatic N) is 5. The average molecular weight is 456 g/mol. The van der Waals surface area contributed by atoms with E-state index in [1.165, 1.54) is 28.3 Å². The molecule has 11 heteroatoms. The molecule has 1 heterocycles. The highest BCUT2D eigenvalue weighted by atomic mass is 35.5. The van der Waals surface area contributed by atoms with Crippen molar-refractivity contribution >= 4 is 62.6 Å². The second-order valence-electron chi connectivity index (χ2n) is 7.21. The van der Waals surface area contributed by atoms with Crippen LogP contribution in [0.4, 0.5) is 11.4 Å². The molecule has 1 saturated heterocycles. The highest BCUT2D eigenvalue weighted by Crippen LogP contribution is 2.36. The molecule has 0 aromatic heterocycles. The third-order valence-electron chi connectivity index (χ3n) is 4.36. The first-order valence-corrected chi connectivity index (χ1v) is 11.1. The number of amides is 1. The maximum absolute atomic E-state index is 13.0. The zero-order valence-corrected chi connectivity index (χ0v) is 19.0. The van der Waals surface area contributed by atoms with Crippen LogP contribution in [0.5, 0.6) is 0 Å². The van der Waals surface area contributed by atoms with E-state index in [-0.39, 0.29) is 40.4 Å². The van der Waals surface area contributed by atoms with Crippen molar-refractivity contribution < 1.29 is 13.2 Å². The molecule has 156 valence electrons. The molecule has 0 saturated carbocycles. The molecule has 29 heavy (non-hydrogen) atoms. The maximum Gasteiger partial charge on any atom is 0.258 e. The van der Waals surface area contributed by atoms with Crippen LogP contribution in [0.25, 0.3) is 4.85 Å². The van der Waals surface area contributed by atoms with Gasteiger partial charge in [-0.3, -0.25) is 9.69 Å². The van der Waals surface area contributed by atoms with Crippen LogP contribution >= 0.6 is 23.8 Å². The number of carbonyl (C=O) groups excluding carboxylic acids is 1. The second kappa shape index (κ2) is 8.65. The highest BCUT2D eigenvalue weighted by Gasteiger charge is 2.49. The molecule has 1 aromatic rings. The summed E-state index contributed by atoms with van der Waals surface area (Å²) < 4.78 is 27.6. The number of halogens is 1. The van der Waals surface area contributed by atoms with Gasteiger partial charge < -0.3 is 9.80 Å². The summed E-state index contributed by atoms with van der Waals surface area (Å²) in [5.74, 6) is -0.408. The molecule has 1 aliphatic rings. The number of thiocarbonyl (C=S) groups is 1. The average Bonchev–Trinajstić information content (AvgIpc) is 2.79. The molecule has 0 radical (unpaired) electrons. The summed E-state index contributed by atoms with van der Waals surface area (Å²) in [6, 6.07) is 4.67. The van der Waals surface area contributed by atoms with Gasteiger partial charge in [-0.15, -0.1) is 0 Å². The summed E-state index contributed by atoms with van der Waals surface area (Å²) in [5, 5.41) is 0.495. The van der Waals surface area contributed by atoms with Crippen LogP contribution in [0, 0.1) is 6.57 Å². The molecule has 0 bridgehead atoms. The van der Waals surface area contributed by atoms with Gasteiger partial charge in [0.1, 0.15) is 11.9 Å². The fraction of sp³-hybridized carbons (Fsp3) is 0.444. The lowest BCUT2D eigenvalue weighted by atomic mass is 10.0. The van der Waals surface area contributed by atoms with Gasteiger partial charge in [-0.2, -0.15) is 4.40 Å². The molecule has 2 rings (SSSR count). The molecule has 0 spiro atoms. The Morgan fingerprint density at radius 1 is 1.38 bits per heavy atom. The van der Waals surface area contributed by atoms with Gasteiger partial charge >= 0.3 is 0 Å². The fourth-order valence-corrected chi connectivity index (χ4v) is 4.44. The molecule has 0 unspecified atom stereocenters. The lowest BCUT2D eigenvalue weighted by Crippen LogP contribution is -2.44. The monoisotopic (exact) mass is 455 g/mol. The summed E-state index contributed by atoms with van der Waals surface area (Å²) in [7, 11) is -0.238. The number of hydrogen-bond donors (Lipinski definition) is 0. The molecule has 0 N–H and O–H groups in total. The molecule has 1 fully saturated rings. The van der Waals surface area contributed by atoms with E-state index in [4.69, 9.17) is 30.4 Å². The minimum absolute atomic E-state index is 0.160. The van der Waals surface area contributed by atoms with Crippen LogP contribution in [-0.2, 0) is 14.8 Å². The Labute approximate surface area is 181 Å². The summed E-state index contributed by atoms with van der Waals surface area (Å²) in [6.45, 7) is 10.8. The normalized spacial score (nSPS) is 16.6. The van der Waals surface area contributed by atoms with E-state index in [0.29, 0.717) is 5.69 Å². The van der Waals surface area contributed by atoms with E-state index >= 15 is 0 Å².